The van der Waals surface area contributed by atoms with Crippen LogP contribution in [0.15, 0.2) is 28.8 Å². The van der Waals surface area contributed by atoms with Gasteiger partial charge in [-0.15, -0.1) is 0 Å². The van der Waals surface area contributed by atoms with E-state index in [1.165, 1.54) is 0 Å². The molecule has 2 aromatic rings. The summed E-state index contributed by atoms with van der Waals surface area (Å²) in [6.45, 7) is 12.8. The SMILES string of the molecule is CCCCC1CN(CC2CCOCC2)C(=O)OC12CCN(C1(C)CCN(C(=O)c3c(-c4ccc(OC)cc4)noc3C)CC1)CC2. The summed E-state index contributed by atoms with van der Waals surface area (Å²) in [5.74, 6) is 2.14. The van der Waals surface area contributed by atoms with Gasteiger partial charge in [-0.2, -0.15) is 0 Å². The number of ether oxygens (including phenoxy) is 3. The third-order valence-electron chi connectivity index (χ3n) is 11.4. The number of carbonyl (C=O) groups excluding carboxylic acids is 2. The number of unbranched alkanes of at least 4 members (excludes halogenated alkanes) is 1. The minimum atomic E-state index is -0.369. The number of aromatic nitrogens is 1. The largest absolute Gasteiger partial charge is 0.497 e. The first-order valence-electron chi connectivity index (χ1n) is 17.5. The molecule has 0 N–H and O–H groups in total. The van der Waals surface area contributed by atoms with Gasteiger partial charge in [0.25, 0.3) is 5.91 Å². The van der Waals surface area contributed by atoms with E-state index in [1.54, 1.807) is 14.0 Å². The monoisotopic (exact) mass is 636 g/mol. The molecule has 0 aliphatic carbocycles. The van der Waals surface area contributed by atoms with Gasteiger partial charge in [-0.05, 0) is 76.1 Å². The second-order valence-corrected chi connectivity index (χ2v) is 14.2. The number of carbonyl (C=O) groups is 2. The Bertz CT molecular complexity index is 1340. The molecule has 1 aromatic carbocycles. The number of benzene rings is 1. The summed E-state index contributed by atoms with van der Waals surface area (Å²) >= 11 is 0. The second-order valence-electron chi connectivity index (χ2n) is 14.2. The van der Waals surface area contributed by atoms with Crippen molar-refractivity contribution in [3.05, 3.63) is 35.6 Å². The summed E-state index contributed by atoms with van der Waals surface area (Å²) in [7, 11) is 1.63. The van der Waals surface area contributed by atoms with E-state index in [9.17, 15) is 9.59 Å². The van der Waals surface area contributed by atoms with Crippen molar-refractivity contribution in [1.82, 2.24) is 19.9 Å². The number of hydrogen-bond acceptors (Lipinski definition) is 8. The van der Waals surface area contributed by atoms with Gasteiger partial charge in [-0.25, -0.2) is 4.79 Å². The van der Waals surface area contributed by atoms with Gasteiger partial charge in [0.1, 0.15) is 28.4 Å². The molecule has 0 radical (unpaired) electrons. The van der Waals surface area contributed by atoms with Gasteiger partial charge in [-0.3, -0.25) is 9.69 Å². The van der Waals surface area contributed by atoms with E-state index >= 15 is 0 Å². The molecular weight excluding hydrogens is 584 g/mol. The first-order valence-corrected chi connectivity index (χ1v) is 17.5. The fourth-order valence-electron chi connectivity index (χ4n) is 8.19. The van der Waals surface area contributed by atoms with Gasteiger partial charge < -0.3 is 28.5 Å². The number of methoxy groups -OCH3 is 1. The van der Waals surface area contributed by atoms with Crippen LogP contribution in [0.1, 0.15) is 87.8 Å². The Kier molecular flexibility index (Phi) is 9.94. The van der Waals surface area contributed by atoms with Crippen molar-refractivity contribution in [2.75, 3.05) is 59.6 Å². The molecule has 1 spiro atoms. The molecule has 4 aliphatic rings. The van der Waals surface area contributed by atoms with Crippen LogP contribution in [0.2, 0.25) is 0 Å². The number of aryl methyl sites for hydroxylation is 1. The Morgan fingerprint density at radius 3 is 2.39 bits per heavy atom. The van der Waals surface area contributed by atoms with Crippen molar-refractivity contribution in [2.45, 2.75) is 89.7 Å². The van der Waals surface area contributed by atoms with Crippen LogP contribution in [0.5, 0.6) is 5.75 Å². The van der Waals surface area contributed by atoms with Crippen LogP contribution >= 0.6 is 0 Å². The van der Waals surface area contributed by atoms with Crippen molar-refractivity contribution in [2.24, 2.45) is 11.8 Å². The molecule has 6 rings (SSSR count). The Hall–Kier alpha value is -3.11. The Morgan fingerprint density at radius 1 is 1.04 bits per heavy atom. The average molecular weight is 637 g/mol. The normalized spacial score (nSPS) is 23.8. The molecule has 1 atom stereocenters. The van der Waals surface area contributed by atoms with Gasteiger partial charge in [-0.1, -0.05) is 24.9 Å². The molecule has 4 saturated heterocycles. The van der Waals surface area contributed by atoms with E-state index in [-0.39, 0.29) is 23.1 Å². The van der Waals surface area contributed by atoms with E-state index in [4.69, 9.17) is 18.7 Å². The minimum absolute atomic E-state index is 0.00638. The summed E-state index contributed by atoms with van der Waals surface area (Å²) in [4.78, 5) is 33.8. The standard InChI is InChI=1S/C36H52N4O6/c1-5-6-7-29-25-39(24-27-12-22-44-23-13-27)34(42)45-36(29)16-20-40(21-17-36)35(3)14-18-38(19-15-35)33(41)31-26(2)46-37-32(31)28-8-10-30(43-4)11-9-28/h8-11,27,29H,5-7,12-25H2,1-4H3. The van der Waals surface area contributed by atoms with Crippen LogP contribution in [0, 0.1) is 18.8 Å². The van der Waals surface area contributed by atoms with Gasteiger partial charge in [0.05, 0.1) is 7.11 Å². The Balaban J connectivity index is 1.07. The topological polar surface area (TPSA) is 97.6 Å². The molecule has 1 unspecified atom stereocenters. The predicted octanol–water partition coefficient (Wildman–Crippen LogP) is 6.17. The van der Waals surface area contributed by atoms with Gasteiger partial charge in [0.2, 0.25) is 0 Å². The zero-order chi connectivity index (χ0) is 32.3. The molecule has 0 saturated carbocycles. The lowest BCUT2D eigenvalue weighted by atomic mass is 9.74. The summed E-state index contributed by atoms with van der Waals surface area (Å²) < 4.78 is 22.8. The minimum Gasteiger partial charge on any atom is -0.497 e. The third-order valence-corrected chi connectivity index (χ3v) is 11.4. The maximum Gasteiger partial charge on any atom is 0.410 e. The lowest BCUT2D eigenvalue weighted by Gasteiger charge is -2.55. The van der Waals surface area contributed by atoms with Crippen molar-refractivity contribution in [3.63, 3.8) is 0 Å². The molecule has 46 heavy (non-hydrogen) atoms. The zero-order valence-electron chi connectivity index (χ0n) is 28.2. The van der Waals surface area contributed by atoms with Crippen molar-refractivity contribution < 1.29 is 28.3 Å². The average Bonchev–Trinajstić information content (AvgIpc) is 3.47. The first kappa shape index (κ1) is 32.8. The lowest BCUT2D eigenvalue weighted by molar-refractivity contribution is -0.135. The quantitative estimate of drug-likeness (QED) is 0.322. The van der Waals surface area contributed by atoms with Gasteiger partial charge in [0.15, 0.2) is 0 Å². The molecule has 4 fully saturated rings. The first-order chi connectivity index (χ1) is 22.2. The molecule has 1 aromatic heterocycles. The smallest absolute Gasteiger partial charge is 0.410 e. The molecule has 252 valence electrons. The van der Waals surface area contributed by atoms with Crippen LogP contribution in [0.4, 0.5) is 4.79 Å². The van der Waals surface area contributed by atoms with Crippen molar-refractivity contribution in [1.29, 1.82) is 0 Å². The van der Waals surface area contributed by atoms with E-state index in [2.05, 4.69) is 23.9 Å². The highest BCUT2D eigenvalue weighted by atomic mass is 16.6. The number of rotatable bonds is 9. The van der Waals surface area contributed by atoms with Crippen LogP contribution in [-0.4, -0.2) is 103 Å². The maximum atomic E-state index is 13.8. The summed E-state index contributed by atoms with van der Waals surface area (Å²) in [6, 6.07) is 7.55. The molecule has 4 aliphatic heterocycles. The summed E-state index contributed by atoms with van der Waals surface area (Å²) in [6.07, 6.45) is 8.87. The van der Waals surface area contributed by atoms with E-state index in [1.807, 2.05) is 34.1 Å². The fraction of sp³-hybridized carbons (Fsp3) is 0.694. The van der Waals surface area contributed by atoms with Crippen molar-refractivity contribution in [3.8, 4) is 17.0 Å². The number of piperidine rings is 2. The molecular formula is C36H52N4O6. The second kappa shape index (κ2) is 13.9. The van der Waals surface area contributed by atoms with Gasteiger partial charge >= 0.3 is 6.09 Å². The maximum absolute atomic E-state index is 13.8. The van der Waals surface area contributed by atoms with E-state index in [0.29, 0.717) is 41.9 Å². The molecule has 2 amide bonds. The Labute approximate surface area is 273 Å². The number of likely N-dealkylation sites (tertiary alicyclic amines) is 2. The van der Waals surface area contributed by atoms with E-state index in [0.717, 1.165) is 108 Å². The number of amides is 2. The van der Waals surface area contributed by atoms with Crippen LogP contribution in [-0.2, 0) is 9.47 Å². The zero-order valence-corrected chi connectivity index (χ0v) is 28.2. The predicted molar refractivity (Wildman–Crippen MR) is 175 cm³/mol. The fourth-order valence-corrected chi connectivity index (χ4v) is 8.19. The van der Waals surface area contributed by atoms with Crippen LogP contribution in [0.25, 0.3) is 11.3 Å². The highest BCUT2D eigenvalue weighted by molar-refractivity contribution is 6.00. The molecule has 10 nitrogen and oxygen atoms in total. The number of nitrogens with zero attached hydrogens (tertiary/aromatic N) is 4. The molecule has 0 bridgehead atoms. The Morgan fingerprint density at radius 2 is 1.74 bits per heavy atom. The lowest BCUT2D eigenvalue weighted by Crippen LogP contribution is -2.64. The highest BCUT2D eigenvalue weighted by Crippen LogP contribution is 2.44. The van der Waals surface area contributed by atoms with Gasteiger partial charge in [0, 0.05) is 82.3 Å². The van der Waals surface area contributed by atoms with Crippen LogP contribution < -0.4 is 4.74 Å². The molecule has 10 heteroatoms. The number of hydrogen-bond donors (Lipinski definition) is 0. The highest BCUT2D eigenvalue weighted by Gasteiger charge is 2.51. The van der Waals surface area contributed by atoms with Crippen molar-refractivity contribution >= 4 is 12.0 Å². The van der Waals surface area contributed by atoms with E-state index < -0.39 is 0 Å². The third kappa shape index (κ3) is 6.65. The van der Waals surface area contributed by atoms with Crippen LogP contribution in [0.3, 0.4) is 0 Å². The summed E-state index contributed by atoms with van der Waals surface area (Å²) in [5.41, 5.74) is 1.57. The molecule has 5 heterocycles. The summed E-state index contributed by atoms with van der Waals surface area (Å²) in [5, 5.41) is 4.25.